The van der Waals surface area contributed by atoms with Crippen LogP contribution in [0, 0.1) is 0 Å². The number of rotatable bonds is 5. The molecule has 0 atom stereocenters. The number of hydrogen-bond donors (Lipinski definition) is 1. The highest BCUT2D eigenvalue weighted by molar-refractivity contribution is 8.01. The number of nitrogens with one attached hydrogen (secondary N) is 1. The zero-order valence-electron chi connectivity index (χ0n) is 13.0. The van der Waals surface area contributed by atoms with Gasteiger partial charge in [-0.2, -0.15) is 0 Å². The van der Waals surface area contributed by atoms with E-state index in [0.29, 0.717) is 11.5 Å². The molecule has 116 valence electrons. The van der Waals surface area contributed by atoms with Gasteiger partial charge in [0.25, 0.3) is 0 Å². The van der Waals surface area contributed by atoms with Crippen molar-refractivity contribution in [2.75, 3.05) is 11.1 Å². The molecule has 22 heavy (non-hydrogen) atoms. The van der Waals surface area contributed by atoms with Crippen LogP contribution in [0.25, 0.3) is 0 Å². The number of carbonyl (C=O) groups is 1. The Morgan fingerprint density at radius 2 is 1.68 bits per heavy atom. The summed E-state index contributed by atoms with van der Waals surface area (Å²) in [4.78, 5) is 15.8. The lowest BCUT2D eigenvalue weighted by Gasteiger charge is -2.17. The molecule has 1 aromatic heterocycles. The normalized spacial score (nSPS) is 11.0. The largest absolute Gasteiger partial charge is 0.457 e. The second-order valence-corrected chi connectivity index (χ2v) is 7.56. The van der Waals surface area contributed by atoms with Crippen LogP contribution in [0.3, 0.4) is 0 Å². The Kier molecular flexibility index (Phi) is 5.44. The van der Waals surface area contributed by atoms with Gasteiger partial charge in [0, 0.05) is 22.8 Å². The summed E-state index contributed by atoms with van der Waals surface area (Å²) >= 11 is 1.62. The maximum Gasteiger partial charge on any atom is 0.234 e. The fraction of sp³-hybridized carbons (Fsp3) is 0.294. The highest BCUT2D eigenvalue weighted by atomic mass is 32.2. The van der Waals surface area contributed by atoms with E-state index in [2.05, 4.69) is 31.1 Å². The number of benzene rings is 1. The molecular formula is C17H20N2O2S. The highest BCUT2D eigenvalue weighted by Gasteiger charge is 2.13. The minimum absolute atomic E-state index is 0.00253. The number of anilines is 1. The third-order valence-electron chi connectivity index (χ3n) is 2.66. The summed E-state index contributed by atoms with van der Waals surface area (Å²) in [7, 11) is 0. The van der Waals surface area contributed by atoms with Gasteiger partial charge in [-0.3, -0.25) is 9.78 Å². The fourth-order valence-corrected chi connectivity index (χ4v) is 2.26. The van der Waals surface area contributed by atoms with Crippen molar-refractivity contribution in [3.8, 4) is 11.5 Å². The van der Waals surface area contributed by atoms with Crippen LogP contribution < -0.4 is 10.1 Å². The first kappa shape index (κ1) is 16.4. The Morgan fingerprint density at radius 3 is 2.27 bits per heavy atom. The molecule has 5 heteroatoms. The van der Waals surface area contributed by atoms with Crippen molar-refractivity contribution in [2.24, 2.45) is 0 Å². The molecule has 0 saturated carbocycles. The molecule has 2 aromatic rings. The van der Waals surface area contributed by atoms with Gasteiger partial charge in [0.05, 0.1) is 5.75 Å². The van der Waals surface area contributed by atoms with E-state index in [-0.39, 0.29) is 10.7 Å². The molecule has 0 bridgehead atoms. The van der Waals surface area contributed by atoms with Gasteiger partial charge in [0.2, 0.25) is 5.91 Å². The lowest BCUT2D eigenvalue weighted by Crippen LogP contribution is -2.18. The third-order valence-corrected chi connectivity index (χ3v) is 3.93. The third kappa shape index (κ3) is 5.77. The molecule has 1 heterocycles. The number of aromatic nitrogens is 1. The topological polar surface area (TPSA) is 51.2 Å². The first-order valence-electron chi connectivity index (χ1n) is 7.04. The smallest absolute Gasteiger partial charge is 0.234 e. The van der Waals surface area contributed by atoms with E-state index in [1.54, 1.807) is 36.3 Å². The maximum absolute atomic E-state index is 11.9. The van der Waals surface area contributed by atoms with Crippen LogP contribution in [0.1, 0.15) is 20.8 Å². The lowest BCUT2D eigenvalue weighted by molar-refractivity contribution is -0.113. The van der Waals surface area contributed by atoms with Crippen LogP contribution >= 0.6 is 11.8 Å². The Balaban J connectivity index is 1.88. The van der Waals surface area contributed by atoms with Gasteiger partial charge in [0.1, 0.15) is 11.5 Å². The van der Waals surface area contributed by atoms with E-state index in [4.69, 9.17) is 4.74 Å². The Hall–Kier alpha value is -2.01. The highest BCUT2D eigenvalue weighted by Crippen LogP contribution is 2.24. The Labute approximate surface area is 135 Å². The standard InChI is InChI=1S/C17H20N2O2S/c1-17(2,3)22-12-16(20)19-13-4-6-14(7-5-13)21-15-8-10-18-11-9-15/h4-11H,12H2,1-3H3,(H,19,20). The van der Waals surface area contributed by atoms with E-state index >= 15 is 0 Å². The monoisotopic (exact) mass is 316 g/mol. The van der Waals surface area contributed by atoms with Gasteiger partial charge in [-0.1, -0.05) is 20.8 Å². The first-order chi connectivity index (χ1) is 10.4. The Morgan fingerprint density at radius 1 is 1.09 bits per heavy atom. The zero-order chi connectivity index (χ0) is 16.0. The van der Waals surface area contributed by atoms with E-state index < -0.39 is 0 Å². The van der Waals surface area contributed by atoms with Gasteiger partial charge in [-0.05, 0) is 36.4 Å². The molecule has 0 aliphatic carbocycles. The summed E-state index contributed by atoms with van der Waals surface area (Å²) < 4.78 is 5.76. The van der Waals surface area contributed by atoms with Gasteiger partial charge in [0.15, 0.2) is 0 Å². The second kappa shape index (κ2) is 7.31. The van der Waals surface area contributed by atoms with Crippen LogP contribution in [0.4, 0.5) is 5.69 Å². The SMILES string of the molecule is CC(C)(C)SCC(=O)Nc1ccc(Oc2ccncc2)cc1. The molecule has 0 aliphatic heterocycles. The summed E-state index contributed by atoms with van der Waals surface area (Å²) in [5, 5.41) is 2.88. The van der Waals surface area contributed by atoms with Crippen LogP contribution in [0.2, 0.25) is 0 Å². The van der Waals surface area contributed by atoms with Crippen LogP contribution in [-0.2, 0) is 4.79 Å². The maximum atomic E-state index is 11.9. The van der Waals surface area contributed by atoms with Crippen molar-refractivity contribution < 1.29 is 9.53 Å². The molecule has 1 aromatic carbocycles. The summed E-state index contributed by atoms with van der Waals surface area (Å²) in [6.07, 6.45) is 3.35. The van der Waals surface area contributed by atoms with Gasteiger partial charge in [-0.25, -0.2) is 0 Å². The van der Waals surface area contributed by atoms with E-state index in [9.17, 15) is 4.79 Å². The minimum atomic E-state index is 0.00253. The zero-order valence-corrected chi connectivity index (χ0v) is 13.8. The first-order valence-corrected chi connectivity index (χ1v) is 8.03. The van der Waals surface area contributed by atoms with Gasteiger partial charge >= 0.3 is 0 Å². The molecule has 0 fully saturated rings. The molecule has 1 amide bonds. The van der Waals surface area contributed by atoms with Crippen molar-refractivity contribution in [1.82, 2.24) is 4.98 Å². The number of nitrogens with zero attached hydrogens (tertiary/aromatic N) is 1. The molecule has 2 rings (SSSR count). The molecule has 0 saturated heterocycles. The second-order valence-electron chi connectivity index (χ2n) is 5.76. The summed E-state index contributed by atoms with van der Waals surface area (Å²) in [5.41, 5.74) is 0.765. The van der Waals surface area contributed by atoms with Crippen molar-refractivity contribution in [2.45, 2.75) is 25.5 Å². The van der Waals surface area contributed by atoms with Gasteiger partial charge in [-0.15, -0.1) is 11.8 Å². The molecule has 1 N–H and O–H groups in total. The van der Waals surface area contributed by atoms with Gasteiger partial charge < -0.3 is 10.1 Å². The van der Waals surface area contributed by atoms with Crippen molar-refractivity contribution >= 4 is 23.4 Å². The van der Waals surface area contributed by atoms with E-state index in [1.807, 2.05) is 24.3 Å². The predicted octanol–water partition coefficient (Wildman–Crippen LogP) is 4.34. The number of ether oxygens (including phenoxy) is 1. The van der Waals surface area contributed by atoms with Crippen LogP contribution in [0.15, 0.2) is 48.8 Å². The molecule has 0 unspecified atom stereocenters. The minimum Gasteiger partial charge on any atom is -0.457 e. The fourth-order valence-electron chi connectivity index (χ4n) is 1.63. The van der Waals surface area contributed by atoms with Crippen LogP contribution in [0.5, 0.6) is 11.5 Å². The molecule has 0 spiro atoms. The van der Waals surface area contributed by atoms with E-state index in [1.165, 1.54) is 0 Å². The quantitative estimate of drug-likeness (QED) is 0.891. The molecule has 4 nitrogen and oxygen atoms in total. The number of thioether (sulfide) groups is 1. The average Bonchev–Trinajstić information content (AvgIpc) is 2.48. The predicted molar refractivity (Wildman–Crippen MR) is 91.6 cm³/mol. The van der Waals surface area contributed by atoms with Crippen molar-refractivity contribution in [3.05, 3.63) is 48.8 Å². The number of pyridine rings is 1. The number of amides is 1. The molecule has 0 aliphatic rings. The number of hydrogen-bond acceptors (Lipinski definition) is 4. The Bertz CT molecular complexity index is 607. The van der Waals surface area contributed by atoms with Crippen LogP contribution in [-0.4, -0.2) is 21.4 Å². The summed E-state index contributed by atoms with van der Waals surface area (Å²) in [6.45, 7) is 6.28. The summed E-state index contributed by atoms with van der Waals surface area (Å²) in [5.74, 6) is 1.89. The summed E-state index contributed by atoms with van der Waals surface area (Å²) in [6, 6.07) is 10.9. The van der Waals surface area contributed by atoms with Crippen molar-refractivity contribution in [3.63, 3.8) is 0 Å². The van der Waals surface area contributed by atoms with Crippen molar-refractivity contribution in [1.29, 1.82) is 0 Å². The lowest BCUT2D eigenvalue weighted by atomic mass is 10.3. The number of carbonyl (C=O) groups excluding carboxylic acids is 1. The molecular weight excluding hydrogens is 296 g/mol. The van der Waals surface area contributed by atoms with E-state index in [0.717, 1.165) is 11.4 Å². The molecule has 0 radical (unpaired) electrons. The average molecular weight is 316 g/mol.